The topological polar surface area (TPSA) is 26.0 Å². The monoisotopic (exact) mass is 285 g/mol. The highest BCUT2D eigenvalue weighted by atomic mass is 35.5. The number of benzene rings is 1. The second-order valence-electron chi connectivity index (χ2n) is 5.27. The molecule has 0 fully saturated rings. The molecule has 0 aliphatic heterocycles. The highest BCUT2D eigenvalue weighted by Crippen LogP contribution is 2.18. The minimum Gasteiger partial charge on any atom is -0.327 e. The van der Waals surface area contributed by atoms with Gasteiger partial charge in [0.15, 0.2) is 0 Å². The molecule has 19 heavy (non-hydrogen) atoms. The van der Waals surface area contributed by atoms with Gasteiger partial charge in [-0.05, 0) is 30.5 Å². The summed E-state index contributed by atoms with van der Waals surface area (Å²) in [6, 6.07) is 5.00. The molecule has 0 radical (unpaired) electrons. The Labute approximate surface area is 121 Å². The maximum absolute atomic E-state index is 13.0. The number of unbranched alkanes of at least 4 members (excludes halogenated alkanes) is 5. The summed E-state index contributed by atoms with van der Waals surface area (Å²) in [7, 11) is 0. The van der Waals surface area contributed by atoms with Gasteiger partial charge in [0, 0.05) is 6.04 Å². The zero-order valence-corrected chi connectivity index (χ0v) is 12.6. The van der Waals surface area contributed by atoms with E-state index < -0.39 is 0 Å². The molecule has 0 heterocycles. The van der Waals surface area contributed by atoms with E-state index in [2.05, 4.69) is 6.92 Å². The number of rotatable bonds is 9. The Morgan fingerprint density at radius 1 is 1.16 bits per heavy atom. The van der Waals surface area contributed by atoms with Crippen LogP contribution in [0, 0.1) is 5.82 Å². The maximum atomic E-state index is 13.0. The van der Waals surface area contributed by atoms with Crippen LogP contribution in [-0.2, 0) is 6.42 Å². The summed E-state index contributed by atoms with van der Waals surface area (Å²) in [5.74, 6) is -0.366. The first-order chi connectivity index (χ1) is 9.13. The van der Waals surface area contributed by atoms with Gasteiger partial charge in [-0.15, -0.1) is 0 Å². The zero-order chi connectivity index (χ0) is 14.1. The first-order valence-corrected chi connectivity index (χ1v) is 7.70. The van der Waals surface area contributed by atoms with E-state index >= 15 is 0 Å². The van der Waals surface area contributed by atoms with Gasteiger partial charge in [-0.3, -0.25) is 0 Å². The van der Waals surface area contributed by atoms with Gasteiger partial charge in [0.25, 0.3) is 0 Å². The summed E-state index contributed by atoms with van der Waals surface area (Å²) in [6.45, 7) is 2.23. The first-order valence-electron chi connectivity index (χ1n) is 7.33. The highest BCUT2D eigenvalue weighted by Gasteiger charge is 2.06. The summed E-state index contributed by atoms with van der Waals surface area (Å²) in [5, 5.41) is 0.185. The van der Waals surface area contributed by atoms with E-state index in [4.69, 9.17) is 17.3 Å². The molecule has 0 amide bonds. The summed E-state index contributed by atoms with van der Waals surface area (Å²) in [4.78, 5) is 0. The molecule has 1 aromatic rings. The molecule has 2 N–H and O–H groups in total. The SMILES string of the molecule is CCCCCCCCC(N)Cc1ccc(F)c(Cl)c1. The van der Waals surface area contributed by atoms with Gasteiger partial charge >= 0.3 is 0 Å². The summed E-state index contributed by atoms with van der Waals surface area (Å²) in [5.41, 5.74) is 7.12. The Morgan fingerprint density at radius 3 is 2.53 bits per heavy atom. The fourth-order valence-corrected chi connectivity index (χ4v) is 2.46. The Morgan fingerprint density at radius 2 is 1.84 bits per heavy atom. The maximum Gasteiger partial charge on any atom is 0.141 e. The summed E-state index contributed by atoms with van der Waals surface area (Å²) < 4.78 is 13.0. The summed E-state index contributed by atoms with van der Waals surface area (Å²) in [6.07, 6.45) is 9.50. The van der Waals surface area contributed by atoms with Crippen LogP contribution in [0.15, 0.2) is 18.2 Å². The zero-order valence-electron chi connectivity index (χ0n) is 11.8. The average molecular weight is 286 g/mol. The first kappa shape index (κ1) is 16.5. The molecule has 1 rings (SSSR count). The van der Waals surface area contributed by atoms with Crippen molar-refractivity contribution in [3.8, 4) is 0 Å². The molecule has 0 bridgehead atoms. The van der Waals surface area contributed by atoms with E-state index in [1.54, 1.807) is 12.1 Å². The van der Waals surface area contributed by atoms with Gasteiger partial charge < -0.3 is 5.73 Å². The van der Waals surface area contributed by atoms with Crippen LogP contribution >= 0.6 is 11.6 Å². The van der Waals surface area contributed by atoms with E-state index in [0.29, 0.717) is 0 Å². The van der Waals surface area contributed by atoms with E-state index in [9.17, 15) is 4.39 Å². The lowest BCUT2D eigenvalue weighted by Gasteiger charge is -2.12. The predicted molar refractivity (Wildman–Crippen MR) is 81.1 cm³/mol. The number of halogens is 2. The molecule has 0 aliphatic rings. The third kappa shape index (κ3) is 6.93. The van der Waals surface area contributed by atoms with Crippen LogP contribution < -0.4 is 5.73 Å². The lowest BCUT2D eigenvalue weighted by molar-refractivity contribution is 0.532. The minimum atomic E-state index is -0.366. The van der Waals surface area contributed by atoms with Crippen LogP contribution in [0.2, 0.25) is 5.02 Å². The molecule has 108 valence electrons. The van der Waals surface area contributed by atoms with Crippen molar-refractivity contribution >= 4 is 11.6 Å². The van der Waals surface area contributed by atoms with Crippen molar-refractivity contribution in [3.63, 3.8) is 0 Å². The Kier molecular flexibility index (Phi) is 8.08. The van der Waals surface area contributed by atoms with Crippen molar-refractivity contribution in [1.29, 1.82) is 0 Å². The van der Waals surface area contributed by atoms with Crippen molar-refractivity contribution in [3.05, 3.63) is 34.6 Å². The van der Waals surface area contributed by atoms with Crippen molar-refractivity contribution < 1.29 is 4.39 Å². The number of hydrogen-bond acceptors (Lipinski definition) is 1. The quantitative estimate of drug-likeness (QED) is 0.628. The third-order valence-electron chi connectivity index (χ3n) is 3.41. The molecule has 0 saturated heterocycles. The summed E-state index contributed by atoms with van der Waals surface area (Å²) >= 11 is 5.76. The normalized spacial score (nSPS) is 12.6. The Balaban J connectivity index is 2.19. The van der Waals surface area contributed by atoms with Gasteiger partial charge in [-0.25, -0.2) is 4.39 Å². The van der Waals surface area contributed by atoms with Crippen LogP contribution in [-0.4, -0.2) is 6.04 Å². The molecular weight excluding hydrogens is 261 g/mol. The molecule has 0 aliphatic carbocycles. The lowest BCUT2D eigenvalue weighted by atomic mass is 10.0. The Hall–Kier alpha value is -0.600. The van der Waals surface area contributed by atoms with E-state index in [1.165, 1.54) is 44.6 Å². The van der Waals surface area contributed by atoms with Gasteiger partial charge in [-0.1, -0.05) is 63.1 Å². The fourth-order valence-electron chi connectivity index (χ4n) is 2.26. The van der Waals surface area contributed by atoms with Crippen molar-refractivity contribution in [2.75, 3.05) is 0 Å². The molecular formula is C16H25ClFN. The van der Waals surface area contributed by atoms with Gasteiger partial charge in [0.05, 0.1) is 5.02 Å². The highest BCUT2D eigenvalue weighted by molar-refractivity contribution is 6.30. The second kappa shape index (κ2) is 9.33. The molecule has 3 heteroatoms. The largest absolute Gasteiger partial charge is 0.327 e. The lowest BCUT2D eigenvalue weighted by Crippen LogP contribution is -2.22. The molecule has 1 atom stereocenters. The number of nitrogens with two attached hydrogens (primary N) is 1. The van der Waals surface area contributed by atoms with E-state index in [1.807, 2.05) is 0 Å². The van der Waals surface area contributed by atoms with Crippen LogP contribution in [0.3, 0.4) is 0 Å². The molecule has 0 spiro atoms. The van der Waals surface area contributed by atoms with Crippen molar-refractivity contribution in [2.45, 2.75) is 64.3 Å². The van der Waals surface area contributed by atoms with Gasteiger partial charge in [-0.2, -0.15) is 0 Å². The van der Waals surface area contributed by atoms with Crippen LogP contribution in [0.25, 0.3) is 0 Å². The molecule has 0 saturated carbocycles. The smallest absolute Gasteiger partial charge is 0.141 e. The van der Waals surface area contributed by atoms with Gasteiger partial charge in [0.1, 0.15) is 5.82 Å². The second-order valence-corrected chi connectivity index (χ2v) is 5.68. The Bertz CT molecular complexity index is 368. The molecule has 1 nitrogen and oxygen atoms in total. The van der Waals surface area contributed by atoms with Crippen LogP contribution in [0.4, 0.5) is 4.39 Å². The molecule has 1 aromatic carbocycles. The third-order valence-corrected chi connectivity index (χ3v) is 3.70. The van der Waals surface area contributed by atoms with Gasteiger partial charge in [0.2, 0.25) is 0 Å². The minimum absolute atomic E-state index is 0.146. The molecule has 1 unspecified atom stereocenters. The van der Waals surface area contributed by atoms with Crippen molar-refractivity contribution in [2.24, 2.45) is 5.73 Å². The van der Waals surface area contributed by atoms with Crippen LogP contribution in [0.1, 0.15) is 57.4 Å². The average Bonchev–Trinajstić information content (AvgIpc) is 2.38. The van der Waals surface area contributed by atoms with E-state index in [0.717, 1.165) is 18.4 Å². The predicted octanol–water partition coefficient (Wildman–Crippen LogP) is 5.10. The standard InChI is InChI=1S/C16H25ClFN/c1-2-3-4-5-6-7-8-14(19)11-13-9-10-16(18)15(17)12-13/h9-10,12,14H,2-8,11,19H2,1H3. The molecule has 0 aromatic heterocycles. The van der Waals surface area contributed by atoms with Crippen molar-refractivity contribution in [1.82, 2.24) is 0 Å². The number of hydrogen-bond donors (Lipinski definition) is 1. The van der Waals surface area contributed by atoms with E-state index in [-0.39, 0.29) is 16.9 Å². The van der Waals surface area contributed by atoms with Crippen LogP contribution in [0.5, 0.6) is 0 Å². The fraction of sp³-hybridized carbons (Fsp3) is 0.625.